The SMILES string of the molecule is COC(OC)C(C)(CN)Nc1cc(F)cc(Cl)c1. The fourth-order valence-electron chi connectivity index (χ4n) is 1.78. The van der Waals surface area contributed by atoms with Crippen molar-refractivity contribution in [3.8, 4) is 0 Å². The van der Waals surface area contributed by atoms with Crippen LogP contribution in [0.15, 0.2) is 18.2 Å². The topological polar surface area (TPSA) is 56.5 Å². The molecule has 3 N–H and O–H groups in total. The predicted molar refractivity (Wildman–Crippen MR) is 70.3 cm³/mol. The molecule has 1 rings (SSSR count). The van der Waals surface area contributed by atoms with Gasteiger partial charge in [0, 0.05) is 31.5 Å². The molecule has 0 aliphatic rings. The van der Waals surface area contributed by atoms with E-state index >= 15 is 0 Å². The summed E-state index contributed by atoms with van der Waals surface area (Å²) in [6.45, 7) is 2.07. The van der Waals surface area contributed by atoms with Gasteiger partial charge in [-0.15, -0.1) is 0 Å². The van der Waals surface area contributed by atoms with Crippen LogP contribution in [0.25, 0.3) is 0 Å². The van der Waals surface area contributed by atoms with E-state index in [1.807, 2.05) is 6.92 Å². The molecule has 4 nitrogen and oxygen atoms in total. The number of nitrogens with two attached hydrogens (primary N) is 1. The zero-order chi connectivity index (χ0) is 13.8. The average Bonchev–Trinajstić information content (AvgIpc) is 2.29. The van der Waals surface area contributed by atoms with Crippen molar-refractivity contribution < 1.29 is 13.9 Å². The van der Waals surface area contributed by atoms with Gasteiger partial charge < -0.3 is 20.5 Å². The second-order valence-corrected chi connectivity index (χ2v) is 4.64. The van der Waals surface area contributed by atoms with Gasteiger partial charge in [0.1, 0.15) is 5.82 Å². The van der Waals surface area contributed by atoms with E-state index in [-0.39, 0.29) is 6.54 Å². The summed E-state index contributed by atoms with van der Waals surface area (Å²) in [5, 5.41) is 3.40. The van der Waals surface area contributed by atoms with Crippen molar-refractivity contribution in [3.05, 3.63) is 29.0 Å². The number of nitrogens with one attached hydrogen (secondary N) is 1. The molecular formula is C12H18ClFN2O2. The lowest BCUT2D eigenvalue weighted by molar-refractivity contribution is -0.134. The Bertz CT molecular complexity index is 381. The summed E-state index contributed by atoms with van der Waals surface area (Å²) < 4.78 is 23.6. The monoisotopic (exact) mass is 276 g/mol. The first-order chi connectivity index (χ1) is 8.45. The van der Waals surface area contributed by atoms with Gasteiger partial charge in [-0.1, -0.05) is 11.6 Å². The molecule has 0 radical (unpaired) electrons. The van der Waals surface area contributed by atoms with Gasteiger partial charge in [-0.25, -0.2) is 4.39 Å². The number of halogens is 2. The van der Waals surface area contributed by atoms with Crippen molar-refractivity contribution in [2.75, 3.05) is 26.1 Å². The summed E-state index contributed by atoms with van der Waals surface area (Å²) >= 11 is 5.80. The molecular weight excluding hydrogens is 259 g/mol. The van der Waals surface area contributed by atoms with Crippen molar-refractivity contribution in [2.24, 2.45) is 5.73 Å². The van der Waals surface area contributed by atoms with Gasteiger partial charge in [0.25, 0.3) is 0 Å². The molecule has 1 aromatic rings. The minimum atomic E-state index is -0.694. The van der Waals surface area contributed by atoms with Gasteiger partial charge in [0.2, 0.25) is 0 Å². The molecule has 0 amide bonds. The Morgan fingerprint density at radius 3 is 2.44 bits per heavy atom. The van der Waals surface area contributed by atoms with Gasteiger partial charge in [-0.05, 0) is 25.1 Å². The van der Waals surface area contributed by atoms with E-state index in [0.29, 0.717) is 10.7 Å². The number of ether oxygens (including phenoxy) is 2. The van der Waals surface area contributed by atoms with Gasteiger partial charge in [0.15, 0.2) is 6.29 Å². The van der Waals surface area contributed by atoms with E-state index in [2.05, 4.69) is 5.32 Å². The molecule has 0 heterocycles. The Kier molecular flexibility index (Phi) is 5.34. The maximum absolute atomic E-state index is 13.3. The molecule has 0 bridgehead atoms. The molecule has 0 saturated heterocycles. The standard InChI is InChI=1S/C12H18ClFN2O2/c1-12(7-15,11(17-2)18-3)16-10-5-8(13)4-9(14)6-10/h4-6,11,16H,7,15H2,1-3H3. The van der Waals surface area contributed by atoms with Crippen LogP contribution in [-0.4, -0.2) is 32.6 Å². The molecule has 1 aromatic carbocycles. The van der Waals surface area contributed by atoms with E-state index in [9.17, 15) is 4.39 Å². The van der Waals surface area contributed by atoms with Crippen LogP contribution in [0.5, 0.6) is 0 Å². The maximum atomic E-state index is 13.3. The van der Waals surface area contributed by atoms with E-state index in [0.717, 1.165) is 0 Å². The highest BCUT2D eigenvalue weighted by molar-refractivity contribution is 6.30. The first kappa shape index (κ1) is 15.2. The molecule has 0 saturated carbocycles. The lowest BCUT2D eigenvalue weighted by atomic mass is 10.0. The number of anilines is 1. The minimum absolute atomic E-state index is 0.244. The largest absolute Gasteiger partial charge is 0.374 e. The normalized spacial score (nSPS) is 14.6. The number of methoxy groups -OCH3 is 2. The average molecular weight is 277 g/mol. The third kappa shape index (κ3) is 3.55. The van der Waals surface area contributed by atoms with Gasteiger partial charge >= 0.3 is 0 Å². The van der Waals surface area contributed by atoms with E-state index in [4.69, 9.17) is 26.8 Å². The summed E-state index contributed by atoms with van der Waals surface area (Å²) in [4.78, 5) is 0. The molecule has 0 aromatic heterocycles. The Labute approximate surface area is 111 Å². The number of hydrogen-bond acceptors (Lipinski definition) is 4. The van der Waals surface area contributed by atoms with Gasteiger partial charge in [-0.3, -0.25) is 0 Å². The van der Waals surface area contributed by atoms with Crippen molar-refractivity contribution in [2.45, 2.75) is 18.8 Å². The molecule has 1 unspecified atom stereocenters. The molecule has 18 heavy (non-hydrogen) atoms. The molecule has 0 spiro atoms. The third-order valence-corrected chi connectivity index (χ3v) is 2.88. The number of rotatable bonds is 6. The summed E-state index contributed by atoms with van der Waals surface area (Å²) in [7, 11) is 3.03. The Hall–Kier alpha value is -0.880. The van der Waals surface area contributed by atoms with E-state index in [1.54, 1.807) is 6.07 Å². The zero-order valence-corrected chi connectivity index (χ0v) is 11.4. The van der Waals surface area contributed by atoms with Crippen LogP contribution in [0.1, 0.15) is 6.92 Å². The van der Waals surface area contributed by atoms with Crippen LogP contribution in [0.4, 0.5) is 10.1 Å². The van der Waals surface area contributed by atoms with Crippen LogP contribution in [0, 0.1) is 5.82 Å². The molecule has 1 atom stereocenters. The number of benzene rings is 1. The molecule has 6 heteroatoms. The van der Waals surface area contributed by atoms with Gasteiger partial charge in [-0.2, -0.15) is 0 Å². The first-order valence-corrected chi connectivity index (χ1v) is 5.83. The highest BCUT2D eigenvalue weighted by atomic mass is 35.5. The van der Waals surface area contributed by atoms with E-state index < -0.39 is 17.6 Å². The first-order valence-electron chi connectivity index (χ1n) is 5.45. The minimum Gasteiger partial charge on any atom is -0.374 e. The maximum Gasteiger partial charge on any atom is 0.180 e. The van der Waals surface area contributed by atoms with Crippen molar-refractivity contribution >= 4 is 17.3 Å². The van der Waals surface area contributed by atoms with Crippen molar-refractivity contribution in [3.63, 3.8) is 0 Å². The molecule has 102 valence electrons. The Morgan fingerprint density at radius 1 is 1.39 bits per heavy atom. The second-order valence-electron chi connectivity index (χ2n) is 4.21. The van der Waals surface area contributed by atoms with Crippen LogP contribution in [0.3, 0.4) is 0 Å². The van der Waals surface area contributed by atoms with Crippen molar-refractivity contribution in [1.82, 2.24) is 0 Å². The molecule has 0 aliphatic heterocycles. The Balaban J connectivity index is 2.97. The van der Waals surface area contributed by atoms with Gasteiger partial charge in [0.05, 0.1) is 5.54 Å². The second kappa shape index (κ2) is 6.33. The zero-order valence-electron chi connectivity index (χ0n) is 10.7. The summed E-state index contributed by atoms with van der Waals surface area (Å²) in [6, 6.07) is 4.18. The van der Waals surface area contributed by atoms with Crippen LogP contribution < -0.4 is 11.1 Å². The highest BCUT2D eigenvalue weighted by Crippen LogP contribution is 2.24. The quantitative estimate of drug-likeness (QED) is 0.783. The Morgan fingerprint density at radius 2 is 2.00 bits per heavy atom. The van der Waals surface area contributed by atoms with Crippen LogP contribution >= 0.6 is 11.6 Å². The molecule has 0 fully saturated rings. The predicted octanol–water partition coefficient (Wildman–Crippen LogP) is 2.23. The van der Waals surface area contributed by atoms with Crippen molar-refractivity contribution in [1.29, 1.82) is 0 Å². The highest BCUT2D eigenvalue weighted by Gasteiger charge is 2.33. The summed E-state index contributed by atoms with van der Waals surface area (Å²) in [5.41, 5.74) is 5.56. The summed E-state index contributed by atoms with van der Waals surface area (Å²) in [6.07, 6.45) is -0.565. The number of hydrogen-bond donors (Lipinski definition) is 2. The lowest BCUT2D eigenvalue weighted by Crippen LogP contribution is -2.54. The van der Waals surface area contributed by atoms with E-state index in [1.165, 1.54) is 26.4 Å². The lowest BCUT2D eigenvalue weighted by Gasteiger charge is -2.36. The fraction of sp³-hybridized carbons (Fsp3) is 0.500. The van der Waals surface area contributed by atoms with Crippen LogP contribution in [-0.2, 0) is 9.47 Å². The third-order valence-electron chi connectivity index (χ3n) is 2.66. The molecule has 0 aliphatic carbocycles. The smallest absolute Gasteiger partial charge is 0.180 e. The summed E-state index contributed by atoms with van der Waals surface area (Å²) in [5.74, 6) is -0.421. The fourth-order valence-corrected chi connectivity index (χ4v) is 2.00. The van der Waals surface area contributed by atoms with Crippen LogP contribution in [0.2, 0.25) is 5.02 Å².